The van der Waals surface area contributed by atoms with Gasteiger partial charge in [-0.05, 0) is 41.1 Å². The number of nitrogens with one attached hydrogen (secondary N) is 2. The molecule has 4 nitrogen and oxygen atoms in total. The van der Waals surface area contributed by atoms with Gasteiger partial charge in [0.2, 0.25) is 5.96 Å². The fraction of sp³-hybridized carbons (Fsp3) is 0.222. The van der Waals surface area contributed by atoms with Crippen LogP contribution < -0.4 is 16.6 Å². The van der Waals surface area contributed by atoms with Crippen molar-refractivity contribution in [1.82, 2.24) is 5.43 Å². The lowest BCUT2D eigenvalue weighted by Gasteiger charge is -2.08. The zero-order valence-corrected chi connectivity index (χ0v) is 9.81. The average Bonchev–Trinajstić information content (AvgIpc) is 2.23. The van der Waals surface area contributed by atoms with E-state index in [2.05, 4.69) is 31.7 Å². The van der Waals surface area contributed by atoms with E-state index in [-0.39, 0.29) is 5.82 Å². The quantitative estimate of drug-likeness (QED) is 0.334. The summed E-state index contributed by atoms with van der Waals surface area (Å²) >= 11 is 3.07. The minimum absolute atomic E-state index is 0.340. The lowest BCUT2D eigenvalue weighted by Crippen LogP contribution is -2.36. The maximum Gasteiger partial charge on any atom is 0.210 e. The molecule has 82 valence electrons. The van der Waals surface area contributed by atoms with E-state index in [9.17, 15) is 4.39 Å². The average molecular weight is 275 g/mol. The van der Waals surface area contributed by atoms with Crippen molar-refractivity contribution in [2.24, 2.45) is 10.8 Å². The van der Waals surface area contributed by atoms with Gasteiger partial charge in [-0.2, -0.15) is 0 Å². The molecule has 0 saturated heterocycles. The van der Waals surface area contributed by atoms with Crippen molar-refractivity contribution in [2.45, 2.75) is 6.92 Å². The molecule has 1 aromatic carbocycles. The van der Waals surface area contributed by atoms with Crippen molar-refractivity contribution < 1.29 is 4.39 Å². The molecule has 0 atom stereocenters. The van der Waals surface area contributed by atoms with Crippen molar-refractivity contribution >= 4 is 27.6 Å². The molecule has 0 saturated carbocycles. The third-order valence-electron chi connectivity index (χ3n) is 1.64. The topological polar surface area (TPSA) is 62.4 Å². The Morgan fingerprint density at radius 1 is 1.60 bits per heavy atom. The summed E-state index contributed by atoms with van der Waals surface area (Å²) in [4.78, 5) is 4.03. The number of nitrogens with zero attached hydrogens (tertiary/aromatic N) is 1. The maximum atomic E-state index is 13.1. The van der Waals surface area contributed by atoms with Gasteiger partial charge in [0.25, 0.3) is 0 Å². The van der Waals surface area contributed by atoms with E-state index in [4.69, 9.17) is 5.84 Å². The van der Waals surface area contributed by atoms with Crippen LogP contribution in [-0.2, 0) is 0 Å². The Hall–Kier alpha value is -1.14. The summed E-state index contributed by atoms with van der Waals surface area (Å²) < 4.78 is 13.6. The highest BCUT2D eigenvalue weighted by Gasteiger charge is 2.02. The molecule has 0 aliphatic carbocycles. The number of guanidine groups is 1. The number of halogens is 2. The molecule has 0 bridgehead atoms. The standard InChI is InChI=1S/C9H12BrFN4/c1-2-13-9(15-12)14-6-3-4-7(10)8(11)5-6/h3-5H,2,12H2,1H3,(H2,13,14,15). The number of rotatable bonds is 2. The summed E-state index contributed by atoms with van der Waals surface area (Å²) in [6, 6.07) is 4.68. The number of hydrogen-bond donors (Lipinski definition) is 3. The van der Waals surface area contributed by atoms with Gasteiger partial charge >= 0.3 is 0 Å². The van der Waals surface area contributed by atoms with Crippen LogP contribution in [0.15, 0.2) is 27.7 Å². The Kier molecular flexibility index (Phi) is 4.51. The molecule has 4 N–H and O–H groups in total. The zero-order chi connectivity index (χ0) is 11.3. The first-order valence-corrected chi connectivity index (χ1v) is 5.19. The predicted molar refractivity (Wildman–Crippen MR) is 63.0 cm³/mol. The second-order valence-electron chi connectivity index (χ2n) is 2.72. The van der Waals surface area contributed by atoms with Crippen molar-refractivity contribution in [2.75, 3.05) is 11.9 Å². The molecule has 0 unspecified atom stereocenters. The van der Waals surface area contributed by atoms with Crippen LogP contribution >= 0.6 is 15.9 Å². The van der Waals surface area contributed by atoms with E-state index >= 15 is 0 Å². The van der Waals surface area contributed by atoms with Crippen molar-refractivity contribution in [3.63, 3.8) is 0 Å². The summed E-state index contributed by atoms with van der Waals surface area (Å²) in [5.41, 5.74) is 2.97. The van der Waals surface area contributed by atoms with Crippen LogP contribution in [-0.4, -0.2) is 12.5 Å². The Balaban J connectivity index is 2.80. The van der Waals surface area contributed by atoms with E-state index in [0.29, 0.717) is 22.7 Å². The van der Waals surface area contributed by atoms with E-state index in [0.717, 1.165) is 0 Å². The molecule has 0 fully saturated rings. The number of nitrogens with two attached hydrogens (primary N) is 1. The fourth-order valence-corrected chi connectivity index (χ4v) is 1.24. The Bertz CT molecular complexity index is 367. The van der Waals surface area contributed by atoms with Gasteiger partial charge in [0.05, 0.1) is 4.47 Å². The molecule has 0 amide bonds. The van der Waals surface area contributed by atoms with E-state index in [1.807, 2.05) is 6.92 Å². The van der Waals surface area contributed by atoms with Gasteiger partial charge in [0.15, 0.2) is 0 Å². The van der Waals surface area contributed by atoms with Gasteiger partial charge < -0.3 is 5.32 Å². The highest BCUT2D eigenvalue weighted by atomic mass is 79.9. The zero-order valence-electron chi connectivity index (χ0n) is 8.22. The van der Waals surface area contributed by atoms with Gasteiger partial charge in [-0.3, -0.25) is 10.4 Å². The number of hydrazine groups is 1. The van der Waals surface area contributed by atoms with Crippen LogP contribution in [0.2, 0.25) is 0 Å². The highest BCUT2D eigenvalue weighted by Crippen LogP contribution is 2.19. The predicted octanol–water partition coefficient (Wildman–Crippen LogP) is 1.84. The molecular formula is C9H12BrFN4. The fourth-order valence-electron chi connectivity index (χ4n) is 0.990. The van der Waals surface area contributed by atoms with Crippen LogP contribution in [0.25, 0.3) is 0 Å². The molecule has 6 heteroatoms. The first kappa shape index (κ1) is 11.9. The van der Waals surface area contributed by atoms with Crippen molar-refractivity contribution in [1.29, 1.82) is 0 Å². The molecule has 1 rings (SSSR count). The summed E-state index contributed by atoms with van der Waals surface area (Å²) in [6.45, 7) is 2.47. The highest BCUT2D eigenvalue weighted by molar-refractivity contribution is 9.10. The molecule has 15 heavy (non-hydrogen) atoms. The lowest BCUT2D eigenvalue weighted by molar-refractivity contribution is 0.622. The van der Waals surface area contributed by atoms with Gasteiger partial charge in [0, 0.05) is 12.2 Å². The first-order chi connectivity index (χ1) is 7.17. The normalized spacial score (nSPS) is 11.3. The Labute approximate surface area is 95.9 Å². The monoisotopic (exact) mass is 274 g/mol. The van der Waals surface area contributed by atoms with Crippen molar-refractivity contribution in [3.8, 4) is 0 Å². The van der Waals surface area contributed by atoms with Crippen LogP contribution in [0.5, 0.6) is 0 Å². The van der Waals surface area contributed by atoms with E-state index in [1.165, 1.54) is 6.07 Å². The van der Waals surface area contributed by atoms with Gasteiger partial charge in [0.1, 0.15) is 5.82 Å². The Morgan fingerprint density at radius 3 is 2.87 bits per heavy atom. The molecule has 0 aromatic heterocycles. The second kappa shape index (κ2) is 5.67. The smallest absolute Gasteiger partial charge is 0.210 e. The molecule has 0 aliphatic rings. The third-order valence-corrected chi connectivity index (χ3v) is 2.28. The molecule has 0 heterocycles. The molecule has 0 spiro atoms. The largest absolute Gasteiger partial charge is 0.325 e. The lowest BCUT2D eigenvalue weighted by atomic mass is 10.3. The summed E-state index contributed by atoms with van der Waals surface area (Å²) in [6.07, 6.45) is 0. The second-order valence-corrected chi connectivity index (χ2v) is 3.58. The van der Waals surface area contributed by atoms with E-state index in [1.54, 1.807) is 12.1 Å². The van der Waals surface area contributed by atoms with Crippen LogP contribution in [0.1, 0.15) is 6.92 Å². The third kappa shape index (κ3) is 3.49. The van der Waals surface area contributed by atoms with Gasteiger partial charge in [-0.25, -0.2) is 10.2 Å². The molecule has 0 aliphatic heterocycles. The number of aliphatic imine (C=N–C) groups is 1. The summed E-state index contributed by atoms with van der Waals surface area (Å²) in [5.74, 6) is 5.29. The molecule has 1 aromatic rings. The number of hydrogen-bond acceptors (Lipinski definition) is 2. The number of benzene rings is 1. The first-order valence-electron chi connectivity index (χ1n) is 4.40. The van der Waals surface area contributed by atoms with Crippen molar-refractivity contribution in [3.05, 3.63) is 28.5 Å². The SMILES string of the molecule is CCN=C(NN)Nc1ccc(Br)c(F)c1. The molecular weight excluding hydrogens is 263 g/mol. The number of anilines is 1. The minimum atomic E-state index is -0.340. The minimum Gasteiger partial charge on any atom is -0.325 e. The Morgan fingerprint density at radius 2 is 2.33 bits per heavy atom. The summed E-state index contributed by atoms with van der Waals surface area (Å²) in [5, 5.41) is 2.85. The maximum absolute atomic E-state index is 13.1. The van der Waals surface area contributed by atoms with Crippen LogP contribution in [0.3, 0.4) is 0 Å². The van der Waals surface area contributed by atoms with Crippen LogP contribution in [0.4, 0.5) is 10.1 Å². The van der Waals surface area contributed by atoms with Gasteiger partial charge in [-0.15, -0.1) is 0 Å². The summed E-state index contributed by atoms with van der Waals surface area (Å²) in [7, 11) is 0. The van der Waals surface area contributed by atoms with Crippen LogP contribution in [0, 0.1) is 5.82 Å². The van der Waals surface area contributed by atoms with Gasteiger partial charge in [-0.1, -0.05) is 0 Å². The molecule has 0 radical (unpaired) electrons. The van der Waals surface area contributed by atoms with E-state index < -0.39 is 0 Å².